The van der Waals surface area contributed by atoms with E-state index in [1.807, 2.05) is 5.32 Å². The number of anilines is 1. The number of phosphoric ester groups is 1. The minimum atomic E-state index is -5.62. The van der Waals surface area contributed by atoms with Gasteiger partial charge in [0.15, 0.2) is 5.78 Å². The van der Waals surface area contributed by atoms with Gasteiger partial charge in [-0.2, -0.15) is 40.2 Å². The van der Waals surface area contributed by atoms with E-state index in [0.717, 1.165) is 50.3 Å². The molecule has 6 heterocycles. The van der Waals surface area contributed by atoms with Crippen molar-refractivity contribution in [2.45, 2.75) is 173 Å². The summed E-state index contributed by atoms with van der Waals surface area (Å²) in [5.74, 6) is -6.44. The number of nitrogens with one attached hydrogen (secondary N) is 3. The number of phosphoric acid groups is 1. The van der Waals surface area contributed by atoms with Crippen LogP contribution in [-0.2, 0) is 72.3 Å². The van der Waals surface area contributed by atoms with Crippen LogP contribution in [0.25, 0.3) is 11.3 Å². The van der Waals surface area contributed by atoms with Gasteiger partial charge in [-0.3, -0.25) is 39.3 Å². The second kappa shape index (κ2) is 34.2. The second-order valence-electron chi connectivity index (χ2n) is 29.5. The van der Waals surface area contributed by atoms with Gasteiger partial charge in [-0.1, -0.05) is 43.9 Å². The number of aliphatic hydroxyl groups is 1. The number of alkyl carbamates (subject to hydrolysis) is 2. The van der Waals surface area contributed by atoms with Crippen molar-refractivity contribution in [3.63, 3.8) is 0 Å². The molecule has 111 heavy (non-hydrogen) atoms. The summed E-state index contributed by atoms with van der Waals surface area (Å²) < 4.78 is 192. The van der Waals surface area contributed by atoms with E-state index in [2.05, 4.69) is 51.6 Å². The maximum Gasteiger partial charge on any atom is 0.524 e. The third kappa shape index (κ3) is 20.6. The molecule has 0 radical (unpaired) electrons. The number of piperazine rings is 1. The van der Waals surface area contributed by atoms with Crippen LogP contribution in [-0.4, -0.2) is 211 Å². The molecular weight excluding hydrogens is 1510 g/mol. The maximum atomic E-state index is 16.9. The number of halogens is 10. The number of aromatic nitrogens is 4. The summed E-state index contributed by atoms with van der Waals surface area (Å²) in [6.07, 6.45) is -15.7. The van der Waals surface area contributed by atoms with E-state index in [1.54, 1.807) is 5.32 Å². The van der Waals surface area contributed by atoms with Gasteiger partial charge in [-0.15, -0.1) is 0 Å². The molecule has 0 spiro atoms. The number of hydrogen-bond donors (Lipinski definition) is 7. The molecule has 28 nitrogen and oxygen atoms in total. The van der Waals surface area contributed by atoms with Crippen molar-refractivity contribution in [2.24, 2.45) is 16.7 Å². The number of Topliss-reactive ketones (excluding diaryl/α,β-unsaturated/α-hetero) is 1. The molecule has 9 rings (SSSR count). The largest absolute Gasteiger partial charge is 0.524 e. The van der Waals surface area contributed by atoms with Crippen molar-refractivity contribution in [3.8, 4) is 28.8 Å². The standard InChI is InChI=1S/C72H84F10N11O17P/c1-38-20-44(26-57(96)91-33-48(94)27-53(91)63(99)100)59(55(21-38)110-111(103,104)105)68(2,3)28-58(97)109-56(35-90(88-62(98)61(86-67(102)107-9)70(6,7)72(80,81)82)34-49-50(73)23-42(24-51(49)74)52-18-19-92(87-52)64(75)76)43(25-54(95)60(85-66(101)106-8)69(4,5)71(77,78)79)22-40-13-10-39(11-14-40)12-15-41-29-83-65(84-30-41)89-31-45-16-17-46(32-89)93(45)47-36-108-37-47/h10-11,13-14,18-21,23-24,29-30,43,45-48,53,56,60-61,64,94H,16-17,22,25-28,31-37H2,1-9H3,(H,85,101)(H,86,102)(H,88,98)(H,99,100)(H2,103,104,105)/t43-,45?,46?,48-,53+,56+,60-,61-/m1/s1. The number of alkyl halides is 8. The molecule has 0 saturated carbocycles. The van der Waals surface area contributed by atoms with Crippen LogP contribution in [0.4, 0.5) is 59.4 Å². The molecule has 7 N–H and O–H groups in total. The van der Waals surface area contributed by atoms with Crippen LogP contribution in [0, 0.1) is 47.1 Å². The van der Waals surface area contributed by atoms with E-state index < -0.39 is 207 Å². The van der Waals surface area contributed by atoms with Gasteiger partial charge in [0.1, 0.15) is 41.6 Å². The van der Waals surface area contributed by atoms with Crippen LogP contribution in [0.2, 0.25) is 0 Å². The number of fused-ring (bicyclic) bond motifs is 2. The van der Waals surface area contributed by atoms with E-state index in [4.69, 9.17) is 14.0 Å². The number of ketones is 1. The van der Waals surface area contributed by atoms with Crippen LogP contribution in [0.3, 0.4) is 0 Å². The lowest BCUT2D eigenvalue weighted by Gasteiger charge is -2.47. The number of esters is 1. The third-order valence-electron chi connectivity index (χ3n) is 20.3. The molecule has 39 heteroatoms. The molecule has 4 fully saturated rings. The summed E-state index contributed by atoms with van der Waals surface area (Å²) in [7, 11) is -4.13. The number of methoxy groups -OCH3 is 2. The summed E-state index contributed by atoms with van der Waals surface area (Å²) in [5.41, 5.74) is -7.84. The van der Waals surface area contributed by atoms with E-state index >= 15 is 44.7 Å². The molecule has 2 unspecified atom stereocenters. The molecule has 604 valence electrons. The number of likely N-dealkylation sites (tertiary alicyclic amines) is 1. The zero-order chi connectivity index (χ0) is 81.8. The van der Waals surface area contributed by atoms with Crippen molar-refractivity contribution in [2.75, 3.05) is 58.5 Å². The van der Waals surface area contributed by atoms with Crippen molar-refractivity contribution >= 4 is 55.5 Å². The quantitative estimate of drug-likeness (QED) is 0.00590. The van der Waals surface area contributed by atoms with Crippen LogP contribution >= 0.6 is 7.82 Å². The Bertz CT molecular complexity index is 4340. The summed E-state index contributed by atoms with van der Waals surface area (Å²) in [6.45, 7) is 2.36. The highest BCUT2D eigenvalue weighted by Crippen LogP contribution is 2.48. The average molecular weight is 1600 g/mol. The Kier molecular flexibility index (Phi) is 26.4. The first-order chi connectivity index (χ1) is 51.8. The summed E-state index contributed by atoms with van der Waals surface area (Å²) in [5, 5.41) is 28.3. The van der Waals surface area contributed by atoms with E-state index in [-0.39, 0.29) is 26.9 Å². The number of hydrogen-bond acceptors (Lipinski definition) is 20. The minimum absolute atomic E-state index is 0.134. The number of hydrazine groups is 1. The lowest BCUT2D eigenvalue weighted by molar-refractivity contribution is -0.221. The highest BCUT2D eigenvalue weighted by atomic mass is 31.2. The Morgan fingerprint density at radius 3 is 1.89 bits per heavy atom. The predicted octanol–water partition coefficient (Wildman–Crippen LogP) is 8.39. The Labute approximate surface area is 630 Å². The molecule has 3 aromatic carbocycles. The Morgan fingerprint density at radius 1 is 0.784 bits per heavy atom. The monoisotopic (exact) mass is 1600 g/mol. The Hall–Kier alpha value is -9.51. The number of β-amino-alcohol motifs (C(OH)–C–C–N with tert-alkyl or cyclic N) is 1. The summed E-state index contributed by atoms with van der Waals surface area (Å²) in [6, 6.07) is 4.37. The van der Waals surface area contributed by atoms with Crippen LogP contribution < -0.4 is 25.5 Å². The highest BCUT2D eigenvalue weighted by molar-refractivity contribution is 7.46. The number of aryl methyl sites for hydroxylation is 1. The fourth-order valence-corrected chi connectivity index (χ4v) is 14.6. The average Bonchev–Trinajstić information content (AvgIpc) is 1.75. The maximum absolute atomic E-state index is 16.9. The van der Waals surface area contributed by atoms with Crippen LogP contribution in [0.1, 0.15) is 119 Å². The number of carboxylic acid groups (broad SMARTS) is 1. The minimum Gasteiger partial charge on any atom is -0.480 e. The van der Waals surface area contributed by atoms with Crippen LogP contribution in [0.5, 0.6) is 5.75 Å². The smallest absolute Gasteiger partial charge is 0.480 e. The molecule has 4 saturated heterocycles. The molecule has 8 atom stereocenters. The van der Waals surface area contributed by atoms with Gasteiger partial charge in [0.25, 0.3) is 5.91 Å². The van der Waals surface area contributed by atoms with Gasteiger partial charge in [0, 0.05) is 103 Å². The van der Waals surface area contributed by atoms with Gasteiger partial charge in [0.05, 0.1) is 81.1 Å². The number of nitrogens with zero attached hydrogens (tertiary/aromatic N) is 8. The van der Waals surface area contributed by atoms with Gasteiger partial charge < -0.3 is 54.1 Å². The number of ether oxygens (including phenoxy) is 4. The molecule has 5 aromatic rings. The normalized spacial score (nSPS) is 19.0. The van der Waals surface area contributed by atoms with Crippen molar-refractivity contribution in [3.05, 3.63) is 124 Å². The number of carbonyl (C=O) groups excluding carboxylic acids is 6. The fourth-order valence-electron chi connectivity index (χ4n) is 14.2. The molecule has 4 amide bonds. The molecule has 0 aliphatic carbocycles. The molecule has 2 aromatic heterocycles. The Morgan fingerprint density at radius 2 is 1.36 bits per heavy atom. The lowest BCUT2D eigenvalue weighted by Crippen LogP contribution is -2.62. The zero-order valence-electron chi connectivity index (χ0n) is 61.5. The van der Waals surface area contributed by atoms with E-state index in [1.165, 1.54) is 63.5 Å². The topological polar surface area (TPSA) is 356 Å². The number of benzene rings is 3. The van der Waals surface area contributed by atoms with Crippen molar-refractivity contribution in [1.82, 2.24) is 50.6 Å². The van der Waals surface area contributed by atoms with Crippen molar-refractivity contribution < 1.29 is 126 Å². The second-order valence-corrected chi connectivity index (χ2v) is 30.7. The number of aliphatic hydroxyl groups excluding tert-OH is 1. The van der Waals surface area contributed by atoms with E-state index in [0.29, 0.717) is 106 Å². The lowest BCUT2D eigenvalue weighted by atomic mass is 9.77. The zero-order valence-corrected chi connectivity index (χ0v) is 62.4. The first-order valence-electron chi connectivity index (χ1n) is 34.8. The third-order valence-corrected chi connectivity index (χ3v) is 20.7. The number of carboxylic acids is 1. The van der Waals surface area contributed by atoms with Gasteiger partial charge in [-0.05, 0) is 107 Å². The summed E-state index contributed by atoms with van der Waals surface area (Å²) in [4.78, 5) is 133. The van der Waals surface area contributed by atoms with Crippen molar-refractivity contribution in [1.29, 1.82) is 0 Å². The summed E-state index contributed by atoms with van der Waals surface area (Å²) >= 11 is 0. The van der Waals surface area contributed by atoms with Gasteiger partial charge in [-0.25, -0.2) is 47.4 Å². The van der Waals surface area contributed by atoms with Crippen LogP contribution in [0.15, 0.2) is 73.2 Å². The SMILES string of the molecule is COC(=O)N[C@H](C(=O)C[C@@H](Cc1ccc(C#Cc2cnc(N3CC4CCC(C3)N4C3COC3)nc2)cc1)[C@H](CN(Cc1c(F)cc(-c2ccn(C(F)F)n2)cc1F)NC(=O)[C@@H](NC(=O)OC)C(C)(C)C(F)(F)F)OC(=O)CC(C)(C)c1c(CC(=O)N2C[C@H](O)C[C@H]2C(=O)O)cc(C)cc1OP(=O)(O)O)C(C)(C)C(F)(F)F. The highest BCUT2D eigenvalue weighted by Gasteiger charge is 2.58. The fraction of sp³-hybridized carbons (Fsp3) is 0.528. The van der Waals surface area contributed by atoms with Gasteiger partial charge in [0.2, 0.25) is 11.9 Å². The van der Waals surface area contributed by atoms with Gasteiger partial charge >= 0.3 is 50.8 Å². The molecule has 4 aliphatic heterocycles. The predicted molar refractivity (Wildman–Crippen MR) is 371 cm³/mol. The number of amides is 4. The first-order valence-corrected chi connectivity index (χ1v) is 36.3. The number of aliphatic carboxylic acids is 1. The van der Waals surface area contributed by atoms with E-state index in [9.17, 15) is 57.3 Å². The molecule has 2 bridgehead atoms. The first kappa shape index (κ1) is 85.5. The number of rotatable bonds is 29. The number of carbonyl (C=O) groups is 7. The molecule has 4 aliphatic rings. The molecular formula is C72H84F10N11O17P. The Balaban J connectivity index is 1.17.